The molecule has 3 nitrogen and oxygen atoms in total. The van der Waals surface area contributed by atoms with E-state index in [1.54, 1.807) is 12.1 Å². The minimum absolute atomic E-state index is 0.182. The number of benzene rings is 2. The molecule has 112 valence electrons. The summed E-state index contributed by atoms with van der Waals surface area (Å²) in [7, 11) is 1.42. The molecule has 0 radical (unpaired) electrons. The van der Waals surface area contributed by atoms with Gasteiger partial charge >= 0.3 is 0 Å². The number of carbonyl (C=O) groups excluding carboxylic acids is 1. The Kier molecular flexibility index (Phi) is 3.67. The number of aryl methyl sites for hydroxylation is 1. The summed E-state index contributed by atoms with van der Waals surface area (Å²) >= 11 is 0. The van der Waals surface area contributed by atoms with Crippen molar-refractivity contribution in [2.45, 2.75) is 13.3 Å². The molecule has 1 aromatic heterocycles. The maximum Gasteiger partial charge on any atom is 0.165 e. The molecule has 0 saturated heterocycles. The number of H-pyrrole nitrogens is 1. The van der Waals surface area contributed by atoms with Gasteiger partial charge in [-0.15, -0.1) is 0 Å². The minimum atomic E-state index is -0.453. The zero-order chi connectivity index (χ0) is 15.7. The van der Waals surface area contributed by atoms with Crippen LogP contribution in [0.25, 0.3) is 22.2 Å². The van der Waals surface area contributed by atoms with Crippen LogP contribution >= 0.6 is 0 Å². The van der Waals surface area contributed by atoms with Gasteiger partial charge in [-0.1, -0.05) is 25.1 Å². The highest BCUT2D eigenvalue weighted by atomic mass is 19.1. The van der Waals surface area contributed by atoms with Crippen molar-refractivity contribution in [3.8, 4) is 17.0 Å². The van der Waals surface area contributed by atoms with E-state index >= 15 is 0 Å². The van der Waals surface area contributed by atoms with Crippen molar-refractivity contribution in [1.82, 2.24) is 4.98 Å². The van der Waals surface area contributed by atoms with Crippen molar-refractivity contribution in [2.75, 3.05) is 7.11 Å². The van der Waals surface area contributed by atoms with E-state index in [-0.39, 0.29) is 5.75 Å². The first kappa shape index (κ1) is 14.3. The molecular formula is C18H16FNO2. The van der Waals surface area contributed by atoms with Crippen LogP contribution < -0.4 is 4.74 Å². The molecule has 1 N–H and O–H groups in total. The Balaban J connectivity index is 2.26. The summed E-state index contributed by atoms with van der Waals surface area (Å²) in [6.07, 6.45) is 1.67. The van der Waals surface area contributed by atoms with Gasteiger partial charge in [0.1, 0.15) is 0 Å². The average molecular weight is 297 g/mol. The van der Waals surface area contributed by atoms with Crippen LogP contribution in [0.15, 0.2) is 36.4 Å². The highest BCUT2D eigenvalue weighted by Crippen LogP contribution is 2.32. The van der Waals surface area contributed by atoms with E-state index in [9.17, 15) is 9.18 Å². The van der Waals surface area contributed by atoms with E-state index in [4.69, 9.17) is 4.74 Å². The number of ether oxygens (including phenoxy) is 1. The molecule has 0 aliphatic heterocycles. The largest absolute Gasteiger partial charge is 0.494 e. The molecule has 0 fully saturated rings. The summed E-state index contributed by atoms with van der Waals surface area (Å²) in [6, 6.07) is 10.5. The molecule has 0 atom stereocenters. The first-order valence-electron chi connectivity index (χ1n) is 7.12. The van der Waals surface area contributed by atoms with Crippen LogP contribution in [-0.4, -0.2) is 18.4 Å². The van der Waals surface area contributed by atoms with E-state index in [1.165, 1.54) is 13.2 Å². The zero-order valence-corrected chi connectivity index (χ0v) is 12.4. The van der Waals surface area contributed by atoms with Crippen LogP contribution in [0.5, 0.6) is 5.75 Å². The Morgan fingerprint density at radius 2 is 2.09 bits per heavy atom. The fourth-order valence-electron chi connectivity index (χ4n) is 2.77. The molecule has 0 unspecified atom stereocenters. The van der Waals surface area contributed by atoms with E-state index < -0.39 is 5.82 Å². The number of para-hydroxylation sites is 1. The Hall–Kier alpha value is -2.62. The highest BCUT2D eigenvalue weighted by Gasteiger charge is 2.15. The molecule has 0 saturated carbocycles. The molecule has 22 heavy (non-hydrogen) atoms. The smallest absolute Gasteiger partial charge is 0.165 e. The Labute approximate surface area is 127 Å². The minimum Gasteiger partial charge on any atom is -0.494 e. The predicted molar refractivity (Wildman–Crippen MR) is 85.0 cm³/mol. The van der Waals surface area contributed by atoms with Gasteiger partial charge in [-0.25, -0.2) is 4.39 Å². The predicted octanol–water partition coefficient (Wildman–Crippen LogP) is 4.36. The molecule has 4 heteroatoms. The number of aldehydes is 1. The van der Waals surface area contributed by atoms with Gasteiger partial charge in [0.05, 0.1) is 12.8 Å². The number of rotatable bonds is 4. The topological polar surface area (TPSA) is 42.1 Å². The van der Waals surface area contributed by atoms with Crippen molar-refractivity contribution in [3.05, 3.63) is 53.3 Å². The zero-order valence-electron chi connectivity index (χ0n) is 12.4. The summed E-state index contributed by atoms with van der Waals surface area (Å²) in [5.74, 6) is -0.270. The maximum absolute atomic E-state index is 13.9. The Bertz CT molecular complexity index is 852. The first-order chi connectivity index (χ1) is 10.7. The molecule has 0 aliphatic carbocycles. The van der Waals surface area contributed by atoms with Crippen LogP contribution in [0.1, 0.15) is 22.8 Å². The second kappa shape index (κ2) is 5.64. The normalized spacial score (nSPS) is 10.9. The Morgan fingerprint density at radius 1 is 1.27 bits per heavy atom. The number of carbonyl (C=O) groups is 1. The number of halogens is 1. The summed E-state index contributed by atoms with van der Waals surface area (Å²) in [5, 5.41) is 0.862. The lowest BCUT2D eigenvalue weighted by Crippen LogP contribution is -1.90. The van der Waals surface area contributed by atoms with Gasteiger partial charge in [-0.05, 0) is 30.2 Å². The van der Waals surface area contributed by atoms with Gasteiger partial charge in [0.15, 0.2) is 17.9 Å². The molecule has 0 spiro atoms. The third kappa shape index (κ3) is 2.17. The second-order valence-electron chi connectivity index (χ2n) is 5.07. The maximum atomic E-state index is 13.9. The van der Waals surface area contributed by atoms with Gasteiger partial charge in [0.2, 0.25) is 0 Å². The monoisotopic (exact) mass is 297 g/mol. The molecular weight excluding hydrogens is 281 g/mol. The van der Waals surface area contributed by atoms with E-state index in [0.29, 0.717) is 16.8 Å². The number of methoxy groups -OCH3 is 1. The molecule has 0 aliphatic rings. The number of aromatic nitrogens is 1. The number of hydrogen-bond acceptors (Lipinski definition) is 2. The molecule has 3 rings (SSSR count). The third-order valence-corrected chi connectivity index (χ3v) is 3.90. The third-order valence-electron chi connectivity index (χ3n) is 3.90. The van der Waals surface area contributed by atoms with Crippen molar-refractivity contribution >= 4 is 17.2 Å². The van der Waals surface area contributed by atoms with Crippen LogP contribution in [0, 0.1) is 5.82 Å². The summed E-state index contributed by atoms with van der Waals surface area (Å²) in [4.78, 5) is 14.8. The van der Waals surface area contributed by atoms with Crippen molar-refractivity contribution < 1.29 is 13.9 Å². The second-order valence-corrected chi connectivity index (χ2v) is 5.07. The fourth-order valence-corrected chi connectivity index (χ4v) is 2.77. The van der Waals surface area contributed by atoms with Crippen molar-refractivity contribution in [2.24, 2.45) is 0 Å². The van der Waals surface area contributed by atoms with Gasteiger partial charge < -0.3 is 9.72 Å². The molecule has 0 amide bonds. The fraction of sp³-hybridized carbons (Fsp3) is 0.167. The lowest BCUT2D eigenvalue weighted by Gasteiger charge is -2.04. The van der Waals surface area contributed by atoms with Crippen LogP contribution in [0.2, 0.25) is 0 Å². The lowest BCUT2D eigenvalue weighted by molar-refractivity contribution is 0.112. The standard InChI is InChI=1S/C18H16FNO2/c1-3-11-5-4-6-13-14(10-21)18(20-17(11)13)12-7-8-16(22-2)15(19)9-12/h4-10,20H,3H2,1-2H3. The van der Waals surface area contributed by atoms with E-state index in [2.05, 4.69) is 11.9 Å². The number of nitrogens with one attached hydrogen (secondary N) is 1. The average Bonchev–Trinajstić information content (AvgIpc) is 2.93. The number of hydrogen-bond donors (Lipinski definition) is 1. The van der Waals surface area contributed by atoms with E-state index in [1.807, 2.05) is 18.2 Å². The van der Waals surface area contributed by atoms with Gasteiger partial charge in [0, 0.05) is 22.0 Å². The SMILES string of the molecule is CCc1cccc2c(C=O)c(-c3ccc(OC)c(F)c3)[nH]c12. The van der Waals surface area contributed by atoms with Crippen molar-refractivity contribution in [3.63, 3.8) is 0 Å². The van der Waals surface area contributed by atoms with Crippen molar-refractivity contribution in [1.29, 1.82) is 0 Å². The number of fused-ring (bicyclic) bond motifs is 1. The summed E-state index contributed by atoms with van der Waals surface area (Å²) in [6.45, 7) is 2.06. The van der Waals surface area contributed by atoms with Gasteiger partial charge in [-0.2, -0.15) is 0 Å². The molecule has 3 aromatic rings. The molecule has 2 aromatic carbocycles. The highest BCUT2D eigenvalue weighted by molar-refractivity contribution is 6.05. The van der Waals surface area contributed by atoms with Crippen LogP contribution in [-0.2, 0) is 6.42 Å². The first-order valence-corrected chi connectivity index (χ1v) is 7.12. The number of aromatic amines is 1. The lowest BCUT2D eigenvalue weighted by atomic mass is 10.0. The summed E-state index contributed by atoms with van der Waals surface area (Å²) in [5.41, 5.74) is 3.86. The van der Waals surface area contributed by atoms with E-state index in [0.717, 1.165) is 29.2 Å². The quantitative estimate of drug-likeness (QED) is 0.727. The molecule has 1 heterocycles. The Morgan fingerprint density at radius 3 is 2.73 bits per heavy atom. The van der Waals surface area contributed by atoms with Gasteiger partial charge in [-0.3, -0.25) is 4.79 Å². The summed E-state index contributed by atoms with van der Waals surface area (Å²) < 4.78 is 18.9. The van der Waals surface area contributed by atoms with Gasteiger partial charge in [0.25, 0.3) is 0 Å². The van der Waals surface area contributed by atoms with Crippen LogP contribution in [0.3, 0.4) is 0 Å². The van der Waals surface area contributed by atoms with Crippen LogP contribution in [0.4, 0.5) is 4.39 Å². The molecule has 0 bridgehead atoms.